The molecule has 1 N–H and O–H groups in total. The van der Waals surface area contributed by atoms with Crippen molar-refractivity contribution in [2.75, 3.05) is 5.88 Å². The van der Waals surface area contributed by atoms with Crippen LogP contribution < -0.4 is 5.32 Å². The Morgan fingerprint density at radius 2 is 2.12 bits per heavy atom. The van der Waals surface area contributed by atoms with Crippen LogP contribution in [0.25, 0.3) is 10.9 Å². The summed E-state index contributed by atoms with van der Waals surface area (Å²) in [5.41, 5.74) is 2.25. The third kappa shape index (κ3) is 3.18. The van der Waals surface area contributed by atoms with Gasteiger partial charge in [0, 0.05) is 29.5 Å². The molecule has 0 saturated carbocycles. The molecule has 0 radical (unpaired) electrons. The fourth-order valence-corrected chi connectivity index (χ4v) is 1.72. The second kappa shape index (κ2) is 5.03. The predicted molar refractivity (Wildman–Crippen MR) is 73.4 cm³/mol. The minimum absolute atomic E-state index is 0.0363. The summed E-state index contributed by atoms with van der Waals surface area (Å²) in [7, 11) is 0. The normalized spacial score (nSPS) is 11.9. The second-order valence-electron chi connectivity index (χ2n) is 4.90. The Hall–Kier alpha value is -1.12. The fourth-order valence-electron chi connectivity index (χ4n) is 1.62. The fraction of sp³-hybridized carbons (Fsp3) is 0.357. The highest BCUT2D eigenvalue weighted by molar-refractivity contribution is 6.18. The number of pyridine rings is 1. The van der Waals surface area contributed by atoms with Gasteiger partial charge in [-0.2, -0.15) is 0 Å². The van der Waals surface area contributed by atoms with Crippen LogP contribution in [-0.4, -0.2) is 16.4 Å². The zero-order chi connectivity index (χ0) is 12.3. The lowest BCUT2D eigenvalue weighted by molar-refractivity contribution is 0.429. The number of hydrogen-bond acceptors (Lipinski definition) is 2. The number of rotatable bonds is 4. The standard InChI is InChI=1S/C14H17ClN2/c1-14(2,10-15)17-9-11-5-6-13-12(8-11)4-3-7-16-13/h3-8,17H,9-10H2,1-2H3. The van der Waals surface area contributed by atoms with E-state index >= 15 is 0 Å². The van der Waals surface area contributed by atoms with E-state index in [1.807, 2.05) is 12.3 Å². The average molecular weight is 249 g/mol. The molecule has 90 valence electrons. The van der Waals surface area contributed by atoms with Gasteiger partial charge >= 0.3 is 0 Å². The summed E-state index contributed by atoms with van der Waals surface area (Å²) in [6.07, 6.45) is 1.82. The molecule has 17 heavy (non-hydrogen) atoms. The predicted octanol–water partition coefficient (Wildman–Crippen LogP) is 3.34. The molecule has 0 aliphatic heterocycles. The number of fused-ring (bicyclic) bond motifs is 1. The molecule has 1 aromatic carbocycles. The van der Waals surface area contributed by atoms with Crippen molar-refractivity contribution in [1.29, 1.82) is 0 Å². The van der Waals surface area contributed by atoms with Crippen LogP contribution in [0.4, 0.5) is 0 Å². The molecule has 0 saturated heterocycles. The average Bonchev–Trinajstić information content (AvgIpc) is 2.36. The van der Waals surface area contributed by atoms with E-state index in [0.29, 0.717) is 5.88 Å². The third-order valence-electron chi connectivity index (χ3n) is 2.77. The zero-order valence-electron chi connectivity index (χ0n) is 10.2. The number of benzene rings is 1. The highest BCUT2D eigenvalue weighted by Crippen LogP contribution is 2.14. The van der Waals surface area contributed by atoms with E-state index in [1.165, 1.54) is 10.9 Å². The molecule has 0 aliphatic rings. The lowest BCUT2D eigenvalue weighted by Gasteiger charge is -2.23. The summed E-state index contributed by atoms with van der Waals surface area (Å²) in [4.78, 5) is 4.31. The Morgan fingerprint density at radius 3 is 2.88 bits per heavy atom. The van der Waals surface area contributed by atoms with E-state index in [1.54, 1.807) is 0 Å². The maximum atomic E-state index is 5.88. The zero-order valence-corrected chi connectivity index (χ0v) is 11.0. The Morgan fingerprint density at radius 1 is 1.29 bits per heavy atom. The quantitative estimate of drug-likeness (QED) is 0.840. The van der Waals surface area contributed by atoms with Crippen molar-refractivity contribution in [3.63, 3.8) is 0 Å². The van der Waals surface area contributed by atoms with Gasteiger partial charge in [0.1, 0.15) is 0 Å². The minimum Gasteiger partial charge on any atom is -0.307 e. The largest absolute Gasteiger partial charge is 0.307 e. The van der Waals surface area contributed by atoms with Crippen LogP contribution in [0.5, 0.6) is 0 Å². The first kappa shape index (κ1) is 12.3. The summed E-state index contributed by atoms with van der Waals surface area (Å²) < 4.78 is 0. The van der Waals surface area contributed by atoms with E-state index in [2.05, 4.69) is 48.4 Å². The van der Waals surface area contributed by atoms with Gasteiger partial charge in [-0.25, -0.2) is 0 Å². The highest BCUT2D eigenvalue weighted by atomic mass is 35.5. The van der Waals surface area contributed by atoms with Crippen LogP contribution in [0.3, 0.4) is 0 Å². The van der Waals surface area contributed by atoms with Crippen molar-refractivity contribution in [1.82, 2.24) is 10.3 Å². The molecular formula is C14H17ClN2. The van der Waals surface area contributed by atoms with E-state index in [4.69, 9.17) is 11.6 Å². The first-order valence-electron chi connectivity index (χ1n) is 5.75. The van der Waals surface area contributed by atoms with E-state index in [-0.39, 0.29) is 5.54 Å². The maximum absolute atomic E-state index is 5.88. The number of halogens is 1. The third-order valence-corrected chi connectivity index (χ3v) is 3.44. The SMILES string of the molecule is CC(C)(CCl)NCc1ccc2ncccc2c1. The van der Waals surface area contributed by atoms with E-state index in [9.17, 15) is 0 Å². The first-order valence-corrected chi connectivity index (χ1v) is 6.29. The van der Waals surface area contributed by atoms with Crippen molar-refractivity contribution < 1.29 is 0 Å². The number of hydrogen-bond donors (Lipinski definition) is 1. The van der Waals surface area contributed by atoms with Crippen molar-refractivity contribution in [3.8, 4) is 0 Å². The summed E-state index contributed by atoms with van der Waals surface area (Å²) in [6, 6.07) is 10.4. The summed E-state index contributed by atoms with van der Waals surface area (Å²) >= 11 is 5.88. The molecular weight excluding hydrogens is 232 g/mol. The molecule has 2 rings (SSSR count). The number of nitrogens with zero attached hydrogens (tertiary/aromatic N) is 1. The smallest absolute Gasteiger partial charge is 0.0702 e. The van der Waals surface area contributed by atoms with Gasteiger partial charge in [-0.3, -0.25) is 4.98 Å². The Bertz CT molecular complexity index is 508. The van der Waals surface area contributed by atoms with Gasteiger partial charge in [0.05, 0.1) is 5.52 Å². The van der Waals surface area contributed by atoms with Crippen LogP contribution in [-0.2, 0) is 6.54 Å². The van der Waals surface area contributed by atoms with Gasteiger partial charge in [-0.05, 0) is 37.6 Å². The lowest BCUT2D eigenvalue weighted by atomic mass is 10.1. The van der Waals surface area contributed by atoms with Crippen molar-refractivity contribution in [2.24, 2.45) is 0 Å². The molecule has 0 aliphatic carbocycles. The molecule has 3 heteroatoms. The molecule has 2 nitrogen and oxygen atoms in total. The second-order valence-corrected chi connectivity index (χ2v) is 5.17. The molecule has 2 aromatic rings. The monoisotopic (exact) mass is 248 g/mol. The van der Waals surface area contributed by atoms with Gasteiger partial charge in [-0.15, -0.1) is 11.6 Å². The molecule has 1 heterocycles. The van der Waals surface area contributed by atoms with Crippen LogP contribution in [0.2, 0.25) is 0 Å². The molecule has 0 fully saturated rings. The summed E-state index contributed by atoms with van der Waals surface area (Å²) in [5.74, 6) is 0.599. The van der Waals surface area contributed by atoms with Crippen LogP contribution in [0.15, 0.2) is 36.5 Å². The van der Waals surface area contributed by atoms with Gasteiger partial charge in [-0.1, -0.05) is 12.1 Å². The maximum Gasteiger partial charge on any atom is 0.0702 e. The Kier molecular flexibility index (Phi) is 3.65. The highest BCUT2D eigenvalue weighted by Gasteiger charge is 2.14. The topological polar surface area (TPSA) is 24.9 Å². The van der Waals surface area contributed by atoms with Crippen LogP contribution in [0, 0.1) is 0 Å². The van der Waals surface area contributed by atoms with Gasteiger partial charge in [0.2, 0.25) is 0 Å². The van der Waals surface area contributed by atoms with Gasteiger partial charge in [0.25, 0.3) is 0 Å². The van der Waals surface area contributed by atoms with E-state index < -0.39 is 0 Å². The summed E-state index contributed by atoms with van der Waals surface area (Å²) in [5, 5.41) is 4.61. The van der Waals surface area contributed by atoms with Gasteiger partial charge in [0.15, 0.2) is 0 Å². The Labute approximate surface area is 107 Å². The van der Waals surface area contributed by atoms with Crippen molar-refractivity contribution >= 4 is 22.5 Å². The number of nitrogens with one attached hydrogen (secondary N) is 1. The molecule has 0 bridgehead atoms. The number of alkyl halides is 1. The minimum atomic E-state index is -0.0363. The number of aromatic nitrogens is 1. The van der Waals surface area contributed by atoms with Crippen LogP contribution >= 0.6 is 11.6 Å². The van der Waals surface area contributed by atoms with Gasteiger partial charge < -0.3 is 5.32 Å². The lowest BCUT2D eigenvalue weighted by Crippen LogP contribution is -2.40. The molecule has 1 aromatic heterocycles. The first-order chi connectivity index (χ1) is 8.11. The van der Waals surface area contributed by atoms with Crippen molar-refractivity contribution in [3.05, 3.63) is 42.1 Å². The molecule has 0 spiro atoms. The Balaban J connectivity index is 2.14. The molecule has 0 atom stereocenters. The molecule has 0 amide bonds. The molecule has 0 unspecified atom stereocenters. The van der Waals surface area contributed by atoms with E-state index in [0.717, 1.165) is 12.1 Å². The summed E-state index contributed by atoms with van der Waals surface area (Å²) in [6.45, 7) is 5.02. The van der Waals surface area contributed by atoms with Crippen molar-refractivity contribution in [2.45, 2.75) is 25.9 Å². The van der Waals surface area contributed by atoms with Crippen LogP contribution in [0.1, 0.15) is 19.4 Å².